The minimum Gasteiger partial charge on any atom is -0.480 e. The molecule has 0 saturated carbocycles. The van der Waals surface area contributed by atoms with Crippen molar-refractivity contribution in [3.63, 3.8) is 0 Å². The summed E-state index contributed by atoms with van der Waals surface area (Å²) in [6.07, 6.45) is 2.96. The van der Waals surface area contributed by atoms with Crippen LogP contribution in [0.1, 0.15) is 43.4 Å². The van der Waals surface area contributed by atoms with Gasteiger partial charge in [-0.15, -0.1) is 0 Å². The Balaban J connectivity index is 1.62. The summed E-state index contributed by atoms with van der Waals surface area (Å²) in [5, 5.41) is 10.6. The fourth-order valence-electron chi connectivity index (χ4n) is 6.16. The van der Waals surface area contributed by atoms with Gasteiger partial charge in [-0.25, -0.2) is 4.79 Å². The second kappa shape index (κ2) is 11.2. The molecular weight excluding hydrogens is 525 g/mol. The van der Waals surface area contributed by atoms with E-state index in [1.807, 2.05) is 48.5 Å². The third-order valence-corrected chi connectivity index (χ3v) is 9.82. The van der Waals surface area contributed by atoms with Crippen LogP contribution < -0.4 is 4.90 Å². The average Bonchev–Trinajstić information content (AvgIpc) is 3.28. The molecule has 0 radical (unpaired) electrons. The van der Waals surface area contributed by atoms with Gasteiger partial charge in [0.2, 0.25) is 0 Å². The number of benzene rings is 3. The molecule has 5 rings (SSSR count). The van der Waals surface area contributed by atoms with Gasteiger partial charge in [0, 0.05) is 18.2 Å². The standard InChI is InChI=1S/C32H34NO6P/c1-4-38-40(37,39-5-2)21-27(34)32(3)19-12-20-33(30(32)31(35)36)26-18-11-17-25-23-15-9-10-16-24(23)28(29(25)26)22-13-7-6-8-14-22/h6-19,28,30H,4-5,20-21H2,1-3H3,(H,35,36). The number of anilines is 1. The van der Waals surface area contributed by atoms with Crippen molar-refractivity contribution in [3.05, 3.63) is 102 Å². The maximum absolute atomic E-state index is 13.8. The third-order valence-electron chi connectivity index (χ3n) is 7.85. The Bertz CT molecular complexity index is 1490. The molecule has 1 aliphatic heterocycles. The quantitative estimate of drug-likeness (QED) is 0.175. The normalized spacial score (nSPS) is 21.6. The van der Waals surface area contributed by atoms with Crippen LogP contribution in [0.3, 0.4) is 0 Å². The van der Waals surface area contributed by atoms with Crippen LogP contribution in [0.2, 0.25) is 0 Å². The van der Waals surface area contributed by atoms with E-state index >= 15 is 0 Å². The number of ketones is 1. The first-order valence-electron chi connectivity index (χ1n) is 13.6. The van der Waals surface area contributed by atoms with E-state index < -0.39 is 37.0 Å². The SMILES string of the molecule is CCOP(=O)(CC(=O)C1(C)C=CCN(c2cccc3c2C(c2ccccc2)c2ccccc2-3)C1C(=O)O)OCC. The fourth-order valence-corrected chi connectivity index (χ4v) is 7.89. The Kier molecular flexibility index (Phi) is 7.83. The van der Waals surface area contributed by atoms with E-state index in [9.17, 15) is 19.3 Å². The van der Waals surface area contributed by atoms with Gasteiger partial charge in [0.1, 0.15) is 12.2 Å². The number of carboxylic acid groups (broad SMARTS) is 1. The molecular formula is C32H34NO6P. The Morgan fingerprint density at radius 2 is 1.60 bits per heavy atom. The summed E-state index contributed by atoms with van der Waals surface area (Å²) < 4.78 is 24.0. The summed E-state index contributed by atoms with van der Waals surface area (Å²) in [4.78, 5) is 28.6. The first-order valence-corrected chi connectivity index (χ1v) is 15.3. The maximum atomic E-state index is 13.8. The van der Waals surface area contributed by atoms with Crippen molar-refractivity contribution in [1.82, 2.24) is 0 Å². The van der Waals surface area contributed by atoms with Gasteiger partial charge < -0.3 is 19.1 Å². The predicted molar refractivity (Wildman–Crippen MR) is 156 cm³/mol. The summed E-state index contributed by atoms with van der Waals surface area (Å²) >= 11 is 0. The molecule has 1 aliphatic carbocycles. The van der Waals surface area contributed by atoms with Crippen LogP contribution in [0, 0.1) is 5.41 Å². The first-order chi connectivity index (χ1) is 19.2. The van der Waals surface area contributed by atoms with E-state index in [0.717, 1.165) is 33.5 Å². The molecule has 0 bridgehead atoms. The van der Waals surface area contributed by atoms with Crippen molar-refractivity contribution in [2.45, 2.75) is 32.7 Å². The number of aliphatic carboxylic acids is 1. The van der Waals surface area contributed by atoms with Crippen molar-refractivity contribution in [2.24, 2.45) is 5.41 Å². The molecule has 0 amide bonds. The summed E-state index contributed by atoms with van der Waals surface area (Å²) in [5.41, 5.74) is 4.73. The lowest BCUT2D eigenvalue weighted by Crippen LogP contribution is -2.57. The monoisotopic (exact) mass is 559 g/mol. The van der Waals surface area contributed by atoms with Gasteiger partial charge in [-0.2, -0.15) is 0 Å². The lowest BCUT2D eigenvalue weighted by Gasteiger charge is -2.44. The third kappa shape index (κ3) is 4.83. The van der Waals surface area contributed by atoms with Gasteiger partial charge in [0.15, 0.2) is 5.78 Å². The summed E-state index contributed by atoms with van der Waals surface area (Å²) in [5.74, 6) is -1.73. The Labute approximate surface area is 235 Å². The van der Waals surface area contributed by atoms with Crippen LogP contribution in [0.4, 0.5) is 5.69 Å². The highest BCUT2D eigenvalue weighted by Gasteiger charge is 2.51. The number of carbonyl (C=O) groups is 2. The molecule has 3 aromatic rings. The largest absolute Gasteiger partial charge is 0.480 e. The van der Waals surface area contributed by atoms with E-state index in [0.29, 0.717) is 6.54 Å². The van der Waals surface area contributed by atoms with Crippen molar-refractivity contribution in [2.75, 3.05) is 30.8 Å². The van der Waals surface area contributed by atoms with E-state index in [1.54, 1.807) is 31.7 Å². The summed E-state index contributed by atoms with van der Waals surface area (Å²) in [7, 11) is -3.73. The van der Waals surface area contributed by atoms with Crippen molar-refractivity contribution < 1.29 is 28.3 Å². The zero-order valence-electron chi connectivity index (χ0n) is 22.9. The lowest BCUT2D eigenvalue weighted by molar-refractivity contribution is -0.144. The minimum absolute atomic E-state index is 0.0953. The van der Waals surface area contributed by atoms with E-state index in [1.165, 1.54) is 0 Å². The highest BCUT2D eigenvalue weighted by atomic mass is 31.2. The van der Waals surface area contributed by atoms with Gasteiger partial charge in [0.05, 0.1) is 18.6 Å². The number of fused-ring (bicyclic) bond motifs is 3. The zero-order chi connectivity index (χ0) is 28.5. The highest BCUT2D eigenvalue weighted by Crippen LogP contribution is 2.54. The Morgan fingerprint density at radius 1 is 0.950 bits per heavy atom. The van der Waals surface area contributed by atoms with Crippen molar-refractivity contribution >= 4 is 25.0 Å². The van der Waals surface area contributed by atoms with E-state index in [2.05, 4.69) is 30.3 Å². The van der Waals surface area contributed by atoms with Gasteiger partial charge in [-0.3, -0.25) is 9.36 Å². The highest BCUT2D eigenvalue weighted by molar-refractivity contribution is 7.54. The van der Waals surface area contributed by atoms with Crippen LogP contribution in [0.15, 0.2) is 84.9 Å². The predicted octanol–water partition coefficient (Wildman–Crippen LogP) is 6.52. The molecule has 3 unspecified atom stereocenters. The molecule has 1 heterocycles. The van der Waals surface area contributed by atoms with Crippen LogP contribution in [-0.2, 0) is 23.2 Å². The maximum Gasteiger partial charge on any atom is 0.338 e. The Hall–Kier alpha value is -3.51. The summed E-state index contributed by atoms with van der Waals surface area (Å²) in [6, 6.07) is 23.1. The number of carbonyl (C=O) groups excluding carboxylic acids is 1. The molecule has 2 aliphatic rings. The number of hydrogen-bond donors (Lipinski definition) is 1. The number of carboxylic acids is 1. The smallest absolute Gasteiger partial charge is 0.338 e. The zero-order valence-corrected chi connectivity index (χ0v) is 23.8. The van der Waals surface area contributed by atoms with Crippen molar-refractivity contribution in [1.29, 1.82) is 0 Å². The van der Waals surface area contributed by atoms with Crippen LogP contribution in [0.25, 0.3) is 11.1 Å². The fraction of sp³-hybridized carbons (Fsp3) is 0.312. The molecule has 1 N–H and O–H groups in total. The molecule has 208 valence electrons. The van der Waals surface area contributed by atoms with Crippen LogP contribution in [0.5, 0.6) is 0 Å². The molecule has 0 aromatic heterocycles. The molecule has 0 fully saturated rings. The summed E-state index contributed by atoms with van der Waals surface area (Å²) in [6.45, 7) is 5.50. The van der Waals surface area contributed by atoms with Gasteiger partial charge in [-0.1, -0.05) is 78.9 Å². The van der Waals surface area contributed by atoms with Gasteiger partial charge >= 0.3 is 13.6 Å². The second-order valence-corrected chi connectivity index (χ2v) is 12.3. The number of nitrogens with zero attached hydrogens (tertiary/aromatic N) is 1. The molecule has 3 atom stereocenters. The molecule has 7 nitrogen and oxygen atoms in total. The lowest BCUT2D eigenvalue weighted by atomic mass is 9.75. The number of Topliss-reactive ketones (excluding diaryl/α,β-unsaturated/α-hetero) is 1. The first kappa shape index (κ1) is 28.0. The molecule has 3 aromatic carbocycles. The van der Waals surface area contributed by atoms with Crippen LogP contribution in [-0.4, -0.2) is 48.8 Å². The molecule has 0 spiro atoms. The number of hydrogen-bond acceptors (Lipinski definition) is 6. The van der Waals surface area contributed by atoms with Crippen LogP contribution >= 0.6 is 7.60 Å². The minimum atomic E-state index is -3.73. The molecule has 0 saturated heterocycles. The average molecular weight is 560 g/mol. The van der Waals surface area contributed by atoms with Gasteiger partial charge in [-0.05, 0) is 54.7 Å². The van der Waals surface area contributed by atoms with E-state index in [4.69, 9.17) is 9.05 Å². The van der Waals surface area contributed by atoms with Crippen molar-refractivity contribution in [3.8, 4) is 11.1 Å². The molecule has 8 heteroatoms. The molecule has 40 heavy (non-hydrogen) atoms. The topological polar surface area (TPSA) is 93.1 Å². The van der Waals surface area contributed by atoms with Gasteiger partial charge in [0.25, 0.3) is 0 Å². The Morgan fingerprint density at radius 3 is 2.27 bits per heavy atom. The van der Waals surface area contributed by atoms with E-state index in [-0.39, 0.29) is 19.1 Å². The second-order valence-electron chi connectivity index (χ2n) is 10.3. The number of rotatable bonds is 10.